The first-order valence-electron chi connectivity index (χ1n) is 9.43. The van der Waals surface area contributed by atoms with E-state index in [-0.39, 0.29) is 0 Å². The molecule has 0 spiro atoms. The monoisotopic (exact) mass is 399 g/mol. The summed E-state index contributed by atoms with van der Waals surface area (Å²) < 4.78 is 13.0. The van der Waals surface area contributed by atoms with Gasteiger partial charge in [-0.1, -0.05) is 18.2 Å². The fourth-order valence-electron chi connectivity index (χ4n) is 3.87. The Labute approximate surface area is 166 Å². The molecule has 0 amide bonds. The zero-order chi connectivity index (χ0) is 20.0. The third-order valence-electron chi connectivity index (χ3n) is 5.38. The average molecular weight is 399 g/mol. The first kappa shape index (κ1) is 18.3. The number of aliphatic hydroxyl groups is 3. The van der Waals surface area contributed by atoms with Gasteiger partial charge in [0.05, 0.1) is 19.5 Å². The minimum Gasteiger partial charge on any atom is -0.491 e. The number of aliphatic hydroxyl groups excluding tert-OH is 3. The summed E-state index contributed by atoms with van der Waals surface area (Å²) in [5, 5.41) is 29.7. The largest absolute Gasteiger partial charge is 0.491 e. The summed E-state index contributed by atoms with van der Waals surface area (Å²) >= 11 is 0. The van der Waals surface area contributed by atoms with Gasteiger partial charge in [-0.05, 0) is 6.07 Å². The van der Waals surface area contributed by atoms with Crippen molar-refractivity contribution in [2.24, 2.45) is 0 Å². The summed E-state index contributed by atoms with van der Waals surface area (Å²) in [4.78, 5) is 15.3. The molecule has 0 bridgehead atoms. The van der Waals surface area contributed by atoms with E-state index < -0.39 is 31.1 Å². The van der Waals surface area contributed by atoms with Gasteiger partial charge >= 0.3 is 0 Å². The number of fused-ring (bicyclic) bond motifs is 2. The quantitative estimate of drug-likeness (QED) is 0.550. The Kier molecular flexibility index (Phi) is 4.55. The highest BCUT2D eigenvalue weighted by Crippen LogP contribution is 2.33. The summed E-state index contributed by atoms with van der Waals surface area (Å²) in [6, 6.07) is 7.88. The van der Waals surface area contributed by atoms with Crippen molar-refractivity contribution >= 4 is 17.0 Å². The third-order valence-corrected chi connectivity index (χ3v) is 5.38. The number of rotatable bonds is 3. The summed E-state index contributed by atoms with van der Waals surface area (Å²) in [6.07, 6.45) is -1.22. The molecule has 10 nitrogen and oxygen atoms in total. The number of benzene rings is 1. The number of ether oxygens (including phenoxy) is 2. The van der Waals surface area contributed by atoms with Crippen molar-refractivity contribution in [3.05, 3.63) is 42.5 Å². The lowest BCUT2D eigenvalue weighted by atomic mass is 10.1. The summed E-state index contributed by atoms with van der Waals surface area (Å²) in [7, 11) is 0. The Bertz CT molecular complexity index is 1030. The van der Waals surface area contributed by atoms with Crippen molar-refractivity contribution in [1.82, 2.24) is 19.5 Å². The fraction of sp³-hybridized carbons (Fsp3) is 0.421. The van der Waals surface area contributed by atoms with Crippen LogP contribution in [-0.4, -0.2) is 72.9 Å². The van der Waals surface area contributed by atoms with E-state index in [1.165, 1.54) is 12.7 Å². The van der Waals surface area contributed by atoms with E-state index in [0.717, 1.165) is 11.3 Å². The number of para-hydroxylation sites is 1. The van der Waals surface area contributed by atoms with Gasteiger partial charge in [0.2, 0.25) is 0 Å². The van der Waals surface area contributed by atoms with Gasteiger partial charge in [0, 0.05) is 12.1 Å². The average Bonchev–Trinajstić information content (AvgIpc) is 3.20. The van der Waals surface area contributed by atoms with Gasteiger partial charge in [-0.3, -0.25) is 4.57 Å². The van der Waals surface area contributed by atoms with Gasteiger partial charge in [-0.25, -0.2) is 15.0 Å². The molecule has 5 rings (SSSR count). The lowest BCUT2D eigenvalue weighted by molar-refractivity contribution is -0.0511. The summed E-state index contributed by atoms with van der Waals surface area (Å²) in [6.45, 7) is 1.36. The van der Waals surface area contributed by atoms with E-state index in [1.54, 1.807) is 4.57 Å². The van der Waals surface area contributed by atoms with Crippen LogP contribution < -0.4 is 9.64 Å². The van der Waals surface area contributed by atoms with Gasteiger partial charge in [0.15, 0.2) is 23.2 Å². The fourth-order valence-corrected chi connectivity index (χ4v) is 3.87. The molecule has 2 aromatic heterocycles. The van der Waals surface area contributed by atoms with Crippen LogP contribution in [0.5, 0.6) is 5.75 Å². The highest BCUT2D eigenvalue weighted by atomic mass is 16.6. The van der Waals surface area contributed by atoms with Crippen molar-refractivity contribution < 1.29 is 24.8 Å². The number of nitrogens with zero attached hydrogens (tertiary/aromatic N) is 5. The molecule has 29 heavy (non-hydrogen) atoms. The Morgan fingerprint density at radius 3 is 2.79 bits per heavy atom. The molecule has 1 aromatic carbocycles. The van der Waals surface area contributed by atoms with Crippen LogP contribution in [0.3, 0.4) is 0 Å². The maximum atomic E-state index is 10.3. The highest BCUT2D eigenvalue weighted by Gasteiger charge is 2.44. The molecule has 3 N–H and O–H groups in total. The Balaban J connectivity index is 1.51. The van der Waals surface area contributed by atoms with Crippen LogP contribution >= 0.6 is 0 Å². The Hall–Kier alpha value is -2.79. The molecule has 0 radical (unpaired) electrons. The van der Waals surface area contributed by atoms with Crippen LogP contribution in [0.4, 0.5) is 5.82 Å². The minimum atomic E-state index is -1.21. The van der Waals surface area contributed by atoms with Crippen molar-refractivity contribution in [2.45, 2.75) is 31.1 Å². The van der Waals surface area contributed by atoms with Crippen molar-refractivity contribution in [1.29, 1.82) is 0 Å². The van der Waals surface area contributed by atoms with Crippen LogP contribution in [0.15, 0.2) is 36.9 Å². The van der Waals surface area contributed by atoms with Crippen LogP contribution in [0.25, 0.3) is 11.2 Å². The SMILES string of the molecule is OC[C@H]1OC(n2cnc3c(N4CCOc5ccccc5C4)ncnc32)[C@H](O)[C@@H]1O. The number of imidazole rings is 1. The molecule has 2 aliphatic heterocycles. The molecule has 0 saturated carbocycles. The first-order chi connectivity index (χ1) is 14.2. The standard InChI is InChI=1S/C19H21N5O5/c25-8-13-15(26)16(27)19(29-13)24-10-22-14-17(20-9-21-18(14)24)23-5-6-28-12-4-2-1-3-11(12)7-23/h1-4,9-10,13,15-16,19,25-27H,5-8H2/t13-,15-,16-,19?/m1/s1. The highest BCUT2D eigenvalue weighted by molar-refractivity contribution is 5.83. The van der Waals surface area contributed by atoms with E-state index in [9.17, 15) is 15.3 Å². The number of anilines is 1. The van der Waals surface area contributed by atoms with E-state index in [4.69, 9.17) is 9.47 Å². The normalized spacial score (nSPS) is 26.9. The van der Waals surface area contributed by atoms with Gasteiger partial charge in [0.1, 0.15) is 37.0 Å². The minimum absolute atomic E-state index is 0.394. The molecule has 4 atom stereocenters. The van der Waals surface area contributed by atoms with E-state index in [2.05, 4.69) is 19.9 Å². The molecule has 10 heteroatoms. The maximum Gasteiger partial charge on any atom is 0.167 e. The Morgan fingerprint density at radius 2 is 1.97 bits per heavy atom. The second-order valence-corrected chi connectivity index (χ2v) is 7.13. The lowest BCUT2D eigenvalue weighted by Gasteiger charge is -2.21. The van der Waals surface area contributed by atoms with Crippen molar-refractivity contribution in [3.8, 4) is 5.75 Å². The molecule has 2 aliphatic rings. The molecular weight excluding hydrogens is 378 g/mol. The maximum absolute atomic E-state index is 10.3. The molecule has 1 saturated heterocycles. The predicted molar refractivity (Wildman–Crippen MR) is 101 cm³/mol. The summed E-state index contributed by atoms with van der Waals surface area (Å²) in [5.74, 6) is 1.51. The smallest absolute Gasteiger partial charge is 0.167 e. The van der Waals surface area contributed by atoms with E-state index in [1.807, 2.05) is 24.3 Å². The molecular formula is C19H21N5O5. The van der Waals surface area contributed by atoms with Crippen molar-refractivity contribution in [2.75, 3.05) is 24.7 Å². The van der Waals surface area contributed by atoms with Crippen LogP contribution in [0.2, 0.25) is 0 Å². The molecule has 1 unspecified atom stereocenters. The van der Waals surface area contributed by atoms with Gasteiger partial charge < -0.3 is 29.7 Å². The second kappa shape index (κ2) is 7.23. The van der Waals surface area contributed by atoms with Gasteiger partial charge in [-0.15, -0.1) is 0 Å². The van der Waals surface area contributed by atoms with Crippen LogP contribution in [-0.2, 0) is 11.3 Å². The number of aromatic nitrogens is 4. The van der Waals surface area contributed by atoms with Gasteiger partial charge in [-0.2, -0.15) is 0 Å². The third kappa shape index (κ3) is 3.01. The molecule has 4 heterocycles. The number of hydrogen-bond donors (Lipinski definition) is 3. The zero-order valence-electron chi connectivity index (χ0n) is 15.5. The second-order valence-electron chi connectivity index (χ2n) is 7.13. The molecule has 1 fully saturated rings. The van der Waals surface area contributed by atoms with Crippen LogP contribution in [0.1, 0.15) is 11.8 Å². The van der Waals surface area contributed by atoms with E-state index in [0.29, 0.717) is 36.7 Å². The first-order valence-corrected chi connectivity index (χ1v) is 9.43. The summed E-state index contributed by atoms with van der Waals surface area (Å²) in [5.41, 5.74) is 2.09. The lowest BCUT2D eigenvalue weighted by Crippen LogP contribution is -2.33. The molecule has 0 aliphatic carbocycles. The molecule has 152 valence electrons. The molecule has 3 aromatic rings. The van der Waals surface area contributed by atoms with Crippen molar-refractivity contribution in [3.63, 3.8) is 0 Å². The van der Waals surface area contributed by atoms with Crippen LogP contribution in [0, 0.1) is 0 Å². The predicted octanol–water partition coefficient (Wildman–Crippen LogP) is -0.163. The zero-order valence-corrected chi connectivity index (χ0v) is 15.5. The van der Waals surface area contributed by atoms with Gasteiger partial charge in [0.25, 0.3) is 0 Å². The topological polar surface area (TPSA) is 126 Å². The van der Waals surface area contributed by atoms with E-state index >= 15 is 0 Å². The Morgan fingerprint density at radius 1 is 1.10 bits per heavy atom. The number of hydrogen-bond acceptors (Lipinski definition) is 9.